The van der Waals surface area contributed by atoms with Crippen molar-refractivity contribution in [1.29, 1.82) is 0 Å². The van der Waals surface area contributed by atoms with Crippen molar-refractivity contribution in [2.24, 2.45) is 0 Å². The van der Waals surface area contributed by atoms with Crippen LogP contribution in [0.3, 0.4) is 0 Å². The van der Waals surface area contributed by atoms with E-state index < -0.39 is 11.7 Å². The van der Waals surface area contributed by atoms with Gasteiger partial charge in [0.15, 0.2) is 0 Å². The Labute approximate surface area is 127 Å². The lowest BCUT2D eigenvalue weighted by Gasteiger charge is -2.06. The van der Waals surface area contributed by atoms with Crippen molar-refractivity contribution in [3.8, 4) is 11.1 Å². The van der Waals surface area contributed by atoms with Gasteiger partial charge in [0.1, 0.15) is 0 Å². The van der Waals surface area contributed by atoms with E-state index in [9.17, 15) is 14.4 Å². The van der Waals surface area contributed by atoms with Crippen molar-refractivity contribution in [1.82, 2.24) is 5.32 Å². The van der Waals surface area contributed by atoms with Gasteiger partial charge in [-0.2, -0.15) is 0 Å². The van der Waals surface area contributed by atoms with Crippen LogP contribution in [0.25, 0.3) is 11.1 Å². The molecule has 0 spiro atoms. The number of anilines is 1. The van der Waals surface area contributed by atoms with E-state index in [0.717, 1.165) is 16.7 Å². The smallest absolute Gasteiger partial charge is 0.296 e. The predicted molar refractivity (Wildman–Crippen MR) is 82.4 cm³/mol. The number of carbonyl (C=O) groups excluding carboxylic acids is 3. The summed E-state index contributed by atoms with van der Waals surface area (Å²) >= 11 is 0. The molecule has 1 aliphatic heterocycles. The van der Waals surface area contributed by atoms with E-state index in [-0.39, 0.29) is 5.91 Å². The minimum Gasteiger partial charge on any atom is -0.352 e. The van der Waals surface area contributed by atoms with Crippen LogP contribution in [0, 0.1) is 0 Å². The Hall–Kier alpha value is -2.95. The number of hydrogen-bond donors (Lipinski definition) is 2. The number of carbonyl (C=O) groups is 3. The van der Waals surface area contributed by atoms with Gasteiger partial charge in [-0.05, 0) is 28.8 Å². The lowest BCUT2D eigenvalue weighted by atomic mass is 10.0. The number of ketones is 1. The molecule has 2 N–H and O–H groups in total. The molecule has 0 radical (unpaired) electrons. The fraction of sp³-hybridized carbons (Fsp3) is 0.118. The number of Topliss-reactive ketones (excluding diaryl/α,β-unsaturated/α-hetero) is 1. The topological polar surface area (TPSA) is 75.3 Å². The van der Waals surface area contributed by atoms with Crippen LogP contribution in [0.15, 0.2) is 42.5 Å². The minimum atomic E-state index is -0.585. The van der Waals surface area contributed by atoms with Crippen LogP contribution in [0.2, 0.25) is 0 Å². The fourth-order valence-corrected chi connectivity index (χ4v) is 2.36. The molecule has 3 rings (SSSR count). The van der Waals surface area contributed by atoms with Gasteiger partial charge < -0.3 is 10.6 Å². The summed E-state index contributed by atoms with van der Waals surface area (Å²) in [5.74, 6) is -1.16. The van der Waals surface area contributed by atoms with Gasteiger partial charge in [0, 0.05) is 13.5 Å². The molecule has 0 fully saturated rings. The second kappa shape index (κ2) is 5.44. The van der Waals surface area contributed by atoms with Crippen LogP contribution in [0.1, 0.15) is 22.8 Å². The molecule has 0 aliphatic carbocycles. The van der Waals surface area contributed by atoms with Crippen molar-refractivity contribution in [3.63, 3.8) is 0 Å². The molecule has 5 nitrogen and oxygen atoms in total. The molecule has 0 saturated heterocycles. The standard InChI is InChI=1S/C17H14N2O3/c1-10(20)18-9-11-2-4-12(5-3-11)13-6-7-15-14(8-13)16(21)17(22)19-15/h2-8H,9H2,1H3,(H,18,20)(H,19,21,22). The summed E-state index contributed by atoms with van der Waals surface area (Å²) in [7, 11) is 0. The Morgan fingerprint density at radius 1 is 1.05 bits per heavy atom. The second-order valence-corrected chi connectivity index (χ2v) is 5.15. The zero-order valence-corrected chi connectivity index (χ0v) is 12.0. The molecule has 5 heteroatoms. The quantitative estimate of drug-likeness (QED) is 0.851. The molecule has 0 aromatic heterocycles. The van der Waals surface area contributed by atoms with Crippen LogP contribution in [-0.2, 0) is 16.1 Å². The molecular weight excluding hydrogens is 280 g/mol. The van der Waals surface area contributed by atoms with E-state index in [0.29, 0.717) is 17.8 Å². The number of fused-ring (bicyclic) bond motifs is 1. The van der Waals surface area contributed by atoms with Crippen molar-refractivity contribution < 1.29 is 14.4 Å². The normalized spacial score (nSPS) is 12.8. The van der Waals surface area contributed by atoms with Crippen molar-refractivity contribution in [3.05, 3.63) is 53.6 Å². The van der Waals surface area contributed by atoms with E-state index in [1.807, 2.05) is 30.3 Å². The van der Waals surface area contributed by atoms with Crippen LogP contribution < -0.4 is 10.6 Å². The summed E-state index contributed by atoms with van der Waals surface area (Å²) in [6.07, 6.45) is 0. The molecule has 1 heterocycles. The average molecular weight is 294 g/mol. The van der Waals surface area contributed by atoms with E-state index in [4.69, 9.17) is 0 Å². The fourth-order valence-electron chi connectivity index (χ4n) is 2.36. The summed E-state index contributed by atoms with van der Waals surface area (Å²) in [5.41, 5.74) is 3.77. The van der Waals surface area contributed by atoms with Gasteiger partial charge in [-0.25, -0.2) is 0 Å². The molecule has 0 unspecified atom stereocenters. The molecule has 110 valence electrons. The van der Waals surface area contributed by atoms with Gasteiger partial charge in [0.25, 0.3) is 11.7 Å². The molecule has 0 saturated carbocycles. The van der Waals surface area contributed by atoms with Gasteiger partial charge in [0.2, 0.25) is 5.91 Å². The highest BCUT2D eigenvalue weighted by Gasteiger charge is 2.27. The molecule has 2 amide bonds. The van der Waals surface area contributed by atoms with Crippen molar-refractivity contribution >= 4 is 23.3 Å². The summed E-state index contributed by atoms with van der Waals surface area (Å²) in [5, 5.41) is 5.27. The first-order valence-corrected chi connectivity index (χ1v) is 6.88. The SMILES string of the molecule is CC(=O)NCc1ccc(-c2ccc3c(c2)C(=O)C(=O)N3)cc1. The monoisotopic (exact) mass is 294 g/mol. The van der Waals surface area contributed by atoms with Gasteiger partial charge in [-0.15, -0.1) is 0 Å². The first-order valence-electron chi connectivity index (χ1n) is 6.88. The molecule has 2 aromatic carbocycles. The largest absolute Gasteiger partial charge is 0.352 e. The summed E-state index contributed by atoms with van der Waals surface area (Å²) < 4.78 is 0. The maximum Gasteiger partial charge on any atom is 0.296 e. The molecule has 0 bridgehead atoms. The lowest BCUT2D eigenvalue weighted by Crippen LogP contribution is -2.18. The van der Waals surface area contributed by atoms with Crippen molar-refractivity contribution in [2.45, 2.75) is 13.5 Å². The first kappa shape index (κ1) is 14.0. The predicted octanol–water partition coefficient (Wildman–Crippen LogP) is 2.12. The lowest BCUT2D eigenvalue weighted by molar-refractivity contribution is -0.119. The number of rotatable bonds is 3. The Morgan fingerprint density at radius 3 is 2.41 bits per heavy atom. The third kappa shape index (κ3) is 2.61. The highest BCUT2D eigenvalue weighted by atomic mass is 16.2. The van der Waals surface area contributed by atoms with Crippen molar-refractivity contribution in [2.75, 3.05) is 5.32 Å². The average Bonchev–Trinajstić information content (AvgIpc) is 2.80. The van der Waals surface area contributed by atoms with Crippen LogP contribution in [0.4, 0.5) is 5.69 Å². The maximum absolute atomic E-state index is 11.7. The Morgan fingerprint density at radius 2 is 1.73 bits per heavy atom. The highest BCUT2D eigenvalue weighted by molar-refractivity contribution is 6.51. The van der Waals surface area contributed by atoms with Crippen LogP contribution in [-0.4, -0.2) is 17.6 Å². The zero-order chi connectivity index (χ0) is 15.7. The Balaban J connectivity index is 1.85. The highest BCUT2D eigenvalue weighted by Crippen LogP contribution is 2.29. The third-order valence-corrected chi connectivity index (χ3v) is 3.55. The molecule has 22 heavy (non-hydrogen) atoms. The Bertz CT molecular complexity index is 779. The number of nitrogens with one attached hydrogen (secondary N) is 2. The number of hydrogen-bond acceptors (Lipinski definition) is 3. The first-order chi connectivity index (χ1) is 10.5. The van der Waals surface area contributed by atoms with E-state index in [2.05, 4.69) is 10.6 Å². The molecule has 0 atom stereocenters. The van der Waals surface area contributed by atoms with Crippen LogP contribution in [0.5, 0.6) is 0 Å². The number of benzene rings is 2. The van der Waals surface area contributed by atoms with Gasteiger partial charge in [0.05, 0.1) is 11.3 Å². The van der Waals surface area contributed by atoms with Gasteiger partial charge in [-0.3, -0.25) is 14.4 Å². The maximum atomic E-state index is 11.7. The summed E-state index contributed by atoms with van der Waals surface area (Å²) in [6.45, 7) is 1.96. The summed E-state index contributed by atoms with van der Waals surface area (Å²) in [6, 6.07) is 13.0. The van der Waals surface area contributed by atoms with E-state index >= 15 is 0 Å². The molecule has 2 aromatic rings. The molecule has 1 aliphatic rings. The third-order valence-electron chi connectivity index (χ3n) is 3.55. The Kier molecular flexibility index (Phi) is 3.47. The second-order valence-electron chi connectivity index (χ2n) is 5.15. The summed E-state index contributed by atoms with van der Waals surface area (Å²) in [4.78, 5) is 34.0. The van der Waals surface area contributed by atoms with Crippen LogP contribution >= 0.6 is 0 Å². The van der Waals surface area contributed by atoms with Gasteiger partial charge >= 0.3 is 0 Å². The minimum absolute atomic E-state index is 0.0709. The molecular formula is C17H14N2O3. The van der Waals surface area contributed by atoms with E-state index in [1.165, 1.54) is 6.92 Å². The zero-order valence-electron chi connectivity index (χ0n) is 12.0. The van der Waals surface area contributed by atoms with Gasteiger partial charge in [-0.1, -0.05) is 30.3 Å². The number of amides is 2. The van der Waals surface area contributed by atoms with E-state index in [1.54, 1.807) is 12.1 Å².